The topological polar surface area (TPSA) is 70.1 Å². The second kappa shape index (κ2) is 9.73. The molecule has 1 aliphatic heterocycles. The molecule has 1 N–H and O–H groups in total. The van der Waals surface area contributed by atoms with Crippen molar-refractivity contribution in [3.8, 4) is 0 Å². The Bertz CT molecular complexity index is 721. The van der Waals surface area contributed by atoms with Gasteiger partial charge < -0.3 is 19.6 Å². The number of hydrogen-bond acceptors (Lipinski definition) is 5. The lowest BCUT2D eigenvalue weighted by atomic mass is 9.96. The van der Waals surface area contributed by atoms with Crippen LogP contribution in [0.2, 0.25) is 0 Å². The minimum atomic E-state index is -0.560. The van der Waals surface area contributed by atoms with Gasteiger partial charge in [-0.05, 0) is 58.7 Å². The number of carbonyl (C=O) groups excluding carboxylic acids is 2. The molecule has 1 aliphatic rings. The van der Waals surface area contributed by atoms with Crippen molar-refractivity contribution in [2.75, 3.05) is 31.1 Å². The van der Waals surface area contributed by atoms with Crippen molar-refractivity contribution in [1.82, 2.24) is 4.90 Å². The van der Waals surface area contributed by atoms with E-state index < -0.39 is 17.7 Å². The molecule has 0 radical (unpaired) electrons. The highest BCUT2D eigenvalue weighted by atomic mass is 16.5. The van der Waals surface area contributed by atoms with Crippen LogP contribution in [0.3, 0.4) is 0 Å². The number of nitrogens with zero attached hydrogens (tertiary/aromatic N) is 2. The van der Waals surface area contributed by atoms with Crippen molar-refractivity contribution in [3.05, 3.63) is 41.2 Å². The number of rotatable bonds is 10. The highest BCUT2D eigenvalue weighted by Gasteiger charge is 2.41. The van der Waals surface area contributed by atoms with E-state index in [0.29, 0.717) is 19.6 Å². The third-order valence-corrected chi connectivity index (χ3v) is 5.01. The maximum Gasteiger partial charge on any atom is 0.290 e. The molecule has 1 atom stereocenters. The summed E-state index contributed by atoms with van der Waals surface area (Å²) in [5.74, 6) is -1.22. The van der Waals surface area contributed by atoms with Gasteiger partial charge in [-0.3, -0.25) is 9.59 Å². The van der Waals surface area contributed by atoms with Crippen molar-refractivity contribution < 1.29 is 19.4 Å². The molecule has 154 valence electrons. The average Bonchev–Trinajstić information content (AvgIpc) is 2.91. The molecule has 6 heteroatoms. The van der Waals surface area contributed by atoms with Crippen LogP contribution in [0.5, 0.6) is 0 Å². The molecule has 1 aromatic rings. The second-order valence-corrected chi connectivity index (χ2v) is 7.26. The average molecular weight is 389 g/mol. The number of anilines is 1. The zero-order chi connectivity index (χ0) is 20.8. The van der Waals surface area contributed by atoms with Gasteiger partial charge in [0.15, 0.2) is 11.5 Å². The fourth-order valence-electron chi connectivity index (χ4n) is 3.60. The van der Waals surface area contributed by atoms with Crippen LogP contribution in [0.15, 0.2) is 35.6 Å². The van der Waals surface area contributed by atoms with Gasteiger partial charge in [0.05, 0.1) is 17.7 Å². The van der Waals surface area contributed by atoms with Gasteiger partial charge in [-0.25, -0.2) is 0 Å². The van der Waals surface area contributed by atoms with Gasteiger partial charge in [-0.15, -0.1) is 0 Å². The molecule has 0 bridgehead atoms. The van der Waals surface area contributed by atoms with Gasteiger partial charge in [0.1, 0.15) is 0 Å². The van der Waals surface area contributed by atoms with Crippen LogP contribution in [0.1, 0.15) is 52.6 Å². The summed E-state index contributed by atoms with van der Waals surface area (Å²) < 4.78 is 5.56. The van der Waals surface area contributed by atoms with E-state index in [1.165, 1.54) is 6.92 Å². The normalized spacial score (nSPS) is 17.0. The van der Waals surface area contributed by atoms with E-state index in [9.17, 15) is 14.7 Å². The second-order valence-electron chi connectivity index (χ2n) is 7.26. The Balaban J connectivity index is 2.29. The SMILES string of the molecule is CCN(CC)c1ccc(C2C(C(C)=O)=C(O)C(=O)N2CCCOC(C)C)cc1. The van der Waals surface area contributed by atoms with Crippen LogP contribution in [0, 0.1) is 0 Å². The zero-order valence-corrected chi connectivity index (χ0v) is 17.6. The molecule has 0 spiro atoms. The molecule has 1 heterocycles. The van der Waals surface area contributed by atoms with Crippen molar-refractivity contribution in [2.24, 2.45) is 0 Å². The molecule has 28 heavy (non-hydrogen) atoms. The van der Waals surface area contributed by atoms with Crippen molar-refractivity contribution in [3.63, 3.8) is 0 Å². The summed E-state index contributed by atoms with van der Waals surface area (Å²) in [5, 5.41) is 10.3. The number of aliphatic hydroxyl groups is 1. The highest BCUT2D eigenvalue weighted by Crippen LogP contribution is 2.38. The summed E-state index contributed by atoms with van der Waals surface area (Å²) in [5.41, 5.74) is 2.08. The molecule has 0 saturated heterocycles. The molecule has 1 aromatic carbocycles. The van der Waals surface area contributed by atoms with Gasteiger partial charge >= 0.3 is 0 Å². The van der Waals surface area contributed by atoms with Crippen LogP contribution >= 0.6 is 0 Å². The van der Waals surface area contributed by atoms with Crippen LogP contribution < -0.4 is 4.90 Å². The largest absolute Gasteiger partial charge is 0.503 e. The van der Waals surface area contributed by atoms with Crippen molar-refractivity contribution in [1.29, 1.82) is 0 Å². The lowest BCUT2D eigenvalue weighted by molar-refractivity contribution is -0.129. The van der Waals surface area contributed by atoms with Crippen LogP contribution in [-0.4, -0.2) is 54.0 Å². The molecule has 0 aliphatic carbocycles. The third kappa shape index (κ3) is 4.73. The Morgan fingerprint density at radius 2 is 1.82 bits per heavy atom. The fraction of sp³-hybridized carbons (Fsp3) is 0.545. The summed E-state index contributed by atoms with van der Waals surface area (Å²) in [6.07, 6.45) is 0.758. The lowest BCUT2D eigenvalue weighted by Crippen LogP contribution is -2.32. The first-order chi connectivity index (χ1) is 13.3. The molecule has 0 fully saturated rings. The van der Waals surface area contributed by atoms with E-state index in [1.807, 2.05) is 38.1 Å². The number of aliphatic hydroxyl groups excluding tert-OH is 1. The van der Waals surface area contributed by atoms with Crippen LogP contribution in [0.25, 0.3) is 0 Å². The molecule has 1 unspecified atom stereocenters. The fourth-order valence-corrected chi connectivity index (χ4v) is 3.60. The Morgan fingerprint density at radius 1 is 1.21 bits per heavy atom. The number of hydrogen-bond donors (Lipinski definition) is 1. The number of carbonyl (C=O) groups is 2. The Morgan fingerprint density at radius 3 is 2.32 bits per heavy atom. The monoisotopic (exact) mass is 388 g/mol. The Labute approximate surface area is 167 Å². The quantitative estimate of drug-likeness (QED) is 0.620. The Hall–Kier alpha value is -2.34. The minimum absolute atomic E-state index is 0.122. The summed E-state index contributed by atoms with van der Waals surface area (Å²) in [4.78, 5) is 28.6. The standard InChI is InChI=1S/C22H32N2O4/c1-6-23(7-2)18-11-9-17(10-12-18)20-19(16(5)25)21(26)22(27)24(20)13-8-14-28-15(3)4/h9-12,15,20,26H,6-8,13-14H2,1-5H3. The number of ether oxygens (including phenoxy) is 1. The summed E-state index contributed by atoms with van der Waals surface area (Å²) in [6, 6.07) is 7.31. The Kier molecular flexibility index (Phi) is 7.63. The van der Waals surface area contributed by atoms with Gasteiger partial charge in [-0.1, -0.05) is 12.1 Å². The number of benzene rings is 1. The molecule has 6 nitrogen and oxygen atoms in total. The predicted octanol–water partition coefficient (Wildman–Crippen LogP) is 3.63. The molecule has 0 saturated carbocycles. The van der Waals surface area contributed by atoms with Gasteiger partial charge in [0.25, 0.3) is 5.91 Å². The lowest BCUT2D eigenvalue weighted by Gasteiger charge is -2.27. The van der Waals surface area contributed by atoms with E-state index in [-0.39, 0.29) is 17.5 Å². The van der Waals surface area contributed by atoms with E-state index in [2.05, 4.69) is 18.7 Å². The van der Waals surface area contributed by atoms with E-state index in [4.69, 9.17) is 4.74 Å². The highest BCUT2D eigenvalue weighted by molar-refractivity contribution is 6.08. The predicted molar refractivity (Wildman–Crippen MR) is 110 cm³/mol. The van der Waals surface area contributed by atoms with Crippen LogP contribution in [-0.2, 0) is 14.3 Å². The third-order valence-electron chi connectivity index (χ3n) is 5.01. The number of ketones is 1. The van der Waals surface area contributed by atoms with Gasteiger partial charge in [-0.2, -0.15) is 0 Å². The zero-order valence-electron chi connectivity index (χ0n) is 17.6. The maximum atomic E-state index is 12.6. The smallest absolute Gasteiger partial charge is 0.290 e. The van der Waals surface area contributed by atoms with Gasteiger partial charge in [0, 0.05) is 31.9 Å². The van der Waals surface area contributed by atoms with Crippen molar-refractivity contribution >= 4 is 17.4 Å². The van der Waals surface area contributed by atoms with Crippen molar-refractivity contribution in [2.45, 2.75) is 53.2 Å². The molecular weight excluding hydrogens is 356 g/mol. The van der Waals surface area contributed by atoms with E-state index in [1.54, 1.807) is 4.90 Å². The summed E-state index contributed by atoms with van der Waals surface area (Å²) in [6.45, 7) is 12.2. The first kappa shape index (κ1) is 22.0. The number of amides is 1. The maximum absolute atomic E-state index is 12.6. The van der Waals surface area contributed by atoms with Gasteiger partial charge in [0.2, 0.25) is 0 Å². The van der Waals surface area contributed by atoms with E-state index >= 15 is 0 Å². The summed E-state index contributed by atoms with van der Waals surface area (Å²) >= 11 is 0. The van der Waals surface area contributed by atoms with Crippen LogP contribution in [0.4, 0.5) is 5.69 Å². The first-order valence-corrected chi connectivity index (χ1v) is 10.0. The first-order valence-electron chi connectivity index (χ1n) is 10.0. The molecule has 2 rings (SSSR count). The molecular formula is C22H32N2O4. The minimum Gasteiger partial charge on any atom is -0.503 e. The molecule has 0 aromatic heterocycles. The molecule has 1 amide bonds. The van der Waals surface area contributed by atoms with E-state index in [0.717, 1.165) is 24.3 Å². The number of Topliss-reactive ketones (excluding diaryl/α,β-unsaturated/α-hetero) is 1. The summed E-state index contributed by atoms with van der Waals surface area (Å²) in [7, 11) is 0.